The second-order valence-electron chi connectivity index (χ2n) is 5.38. The molecule has 3 aromatic rings. The fraction of sp³-hybridized carbons (Fsp3) is 0.235. The van der Waals surface area contributed by atoms with Crippen molar-refractivity contribution in [2.75, 3.05) is 0 Å². The molecule has 0 aliphatic rings. The summed E-state index contributed by atoms with van der Waals surface area (Å²) in [6.07, 6.45) is 1.75. The molecule has 0 aliphatic carbocycles. The minimum absolute atomic E-state index is 0.196. The summed E-state index contributed by atoms with van der Waals surface area (Å²) in [6, 6.07) is 13.3. The number of halogens is 1. The smallest absolute Gasteiger partial charge is 0.129 e. The number of nitrogens with zero attached hydrogens (tertiary/aromatic N) is 2. The number of benzene rings is 2. The number of aromatic nitrogens is 2. The van der Waals surface area contributed by atoms with E-state index >= 15 is 0 Å². The molecule has 1 N–H and O–H groups in total. The molecule has 0 aliphatic heterocycles. The number of hydrogen-bond acceptors (Lipinski definition) is 2. The van der Waals surface area contributed by atoms with Crippen LogP contribution in [0.15, 0.2) is 48.8 Å². The van der Waals surface area contributed by atoms with Crippen molar-refractivity contribution in [1.29, 1.82) is 0 Å². The van der Waals surface area contributed by atoms with Crippen molar-refractivity contribution in [3.05, 3.63) is 60.2 Å². The first-order valence-corrected chi connectivity index (χ1v) is 7.10. The number of hydrogen-bond donors (Lipinski definition) is 1. The van der Waals surface area contributed by atoms with E-state index in [4.69, 9.17) is 0 Å². The second-order valence-corrected chi connectivity index (χ2v) is 5.38. The molecular weight excluding hydrogens is 265 g/mol. The van der Waals surface area contributed by atoms with Crippen molar-refractivity contribution in [2.24, 2.45) is 0 Å². The van der Waals surface area contributed by atoms with Gasteiger partial charge in [-0.15, -0.1) is 0 Å². The minimum atomic E-state index is -0.196. The molecule has 0 spiro atoms. The monoisotopic (exact) mass is 283 g/mol. The number of imidazole rings is 1. The van der Waals surface area contributed by atoms with E-state index in [9.17, 15) is 4.39 Å². The van der Waals surface area contributed by atoms with Crippen LogP contribution in [0.4, 0.5) is 4.39 Å². The lowest BCUT2D eigenvalue weighted by molar-refractivity contribution is 0.551. The van der Waals surface area contributed by atoms with Gasteiger partial charge in [-0.2, -0.15) is 0 Å². The van der Waals surface area contributed by atoms with Crippen molar-refractivity contribution in [1.82, 2.24) is 14.9 Å². The van der Waals surface area contributed by atoms with Crippen LogP contribution in [0, 0.1) is 5.82 Å². The normalized spacial score (nSPS) is 11.4. The van der Waals surface area contributed by atoms with Crippen LogP contribution < -0.4 is 5.32 Å². The summed E-state index contributed by atoms with van der Waals surface area (Å²) in [5, 5.41) is 3.28. The third-order valence-corrected chi connectivity index (χ3v) is 3.49. The van der Waals surface area contributed by atoms with Gasteiger partial charge in [0.25, 0.3) is 0 Å². The van der Waals surface area contributed by atoms with Crippen LogP contribution in [0.3, 0.4) is 0 Å². The van der Waals surface area contributed by atoms with Crippen molar-refractivity contribution < 1.29 is 4.39 Å². The average Bonchev–Trinajstić information content (AvgIpc) is 2.89. The maximum absolute atomic E-state index is 14.2. The predicted molar refractivity (Wildman–Crippen MR) is 83.0 cm³/mol. The Morgan fingerprint density at radius 2 is 1.95 bits per heavy atom. The fourth-order valence-corrected chi connectivity index (χ4v) is 2.41. The molecule has 0 bridgehead atoms. The third-order valence-electron chi connectivity index (χ3n) is 3.49. The second kappa shape index (κ2) is 5.66. The lowest BCUT2D eigenvalue weighted by Crippen LogP contribution is -2.23. The van der Waals surface area contributed by atoms with Crippen molar-refractivity contribution in [2.45, 2.75) is 26.4 Å². The molecule has 4 heteroatoms. The molecule has 0 atom stereocenters. The van der Waals surface area contributed by atoms with E-state index in [1.807, 2.05) is 48.7 Å². The van der Waals surface area contributed by atoms with Crippen LogP contribution in [0.1, 0.15) is 19.4 Å². The molecule has 0 amide bonds. The van der Waals surface area contributed by atoms with Gasteiger partial charge in [0.15, 0.2) is 0 Å². The lowest BCUT2D eigenvalue weighted by Gasteiger charge is -2.14. The van der Waals surface area contributed by atoms with Gasteiger partial charge in [-0.25, -0.2) is 9.37 Å². The largest absolute Gasteiger partial charge is 0.310 e. The van der Waals surface area contributed by atoms with Gasteiger partial charge < -0.3 is 5.32 Å². The quantitative estimate of drug-likeness (QED) is 0.792. The third kappa shape index (κ3) is 2.67. The van der Waals surface area contributed by atoms with E-state index in [1.165, 1.54) is 6.07 Å². The molecule has 3 nitrogen and oxygen atoms in total. The van der Waals surface area contributed by atoms with Gasteiger partial charge in [0.2, 0.25) is 0 Å². The van der Waals surface area contributed by atoms with Crippen molar-refractivity contribution >= 4 is 11.0 Å². The van der Waals surface area contributed by atoms with E-state index < -0.39 is 0 Å². The molecule has 0 radical (unpaired) electrons. The Labute approximate surface area is 123 Å². The summed E-state index contributed by atoms with van der Waals surface area (Å²) in [4.78, 5) is 4.38. The molecule has 21 heavy (non-hydrogen) atoms. The number of nitrogens with one attached hydrogen (secondary N) is 1. The summed E-state index contributed by atoms with van der Waals surface area (Å²) in [7, 11) is 0. The highest BCUT2D eigenvalue weighted by molar-refractivity contribution is 5.77. The molecule has 0 saturated heterocycles. The Kier molecular flexibility index (Phi) is 3.71. The molecule has 1 heterocycles. The highest BCUT2D eigenvalue weighted by Gasteiger charge is 2.12. The minimum Gasteiger partial charge on any atom is -0.310 e. The van der Waals surface area contributed by atoms with Gasteiger partial charge in [-0.3, -0.25) is 4.57 Å². The Balaban J connectivity index is 2.11. The van der Waals surface area contributed by atoms with Gasteiger partial charge in [-0.05, 0) is 24.3 Å². The summed E-state index contributed by atoms with van der Waals surface area (Å²) in [5.74, 6) is -0.196. The molecule has 0 fully saturated rings. The summed E-state index contributed by atoms with van der Waals surface area (Å²) >= 11 is 0. The van der Waals surface area contributed by atoms with E-state index in [2.05, 4.69) is 10.3 Å². The van der Waals surface area contributed by atoms with E-state index in [1.54, 1.807) is 12.4 Å². The molecule has 3 rings (SSSR count). The molecule has 0 unspecified atom stereocenters. The first-order valence-electron chi connectivity index (χ1n) is 7.10. The highest BCUT2D eigenvalue weighted by Crippen LogP contribution is 2.23. The molecular formula is C17H18FN3. The lowest BCUT2D eigenvalue weighted by atomic mass is 10.1. The number of fused-ring (bicyclic) bond motifs is 1. The Bertz CT molecular complexity index is 762. The van der Waals surface area contributed by atoms with Crippen LogP contribution in [-0.4, -0.2) is 15.6 Å². The van der Waals surface area contributed by atoms with Crippen LogP contribution in [0.25, 0.3) is 16.7 Å². The number of para-hydroxylation sites is 2. The van der Waals surface area contributed by atoms with Crippen molar-refractivity contribution in [3.63, 3.8) is 0 Å². The molecule has 2 aromatic carbocycles. The first-order chi connectivity index (χ1) is 10.2. The molecule has 1 aromatic heterocycles. The van der Waals surface area contributed by atoms with Crippen LogP contribution >= 0.6 is 0 Å². The summed E-state index contributed by atoms with van der Waals surface area (Å²) in [6.45, 7) is 4.59. The van der Waals surface area contributed by atoms with Crippen LogP contribution in [0.5, 0.6) is 0 Å². The van der Waals surface area contributed by atoms with E-state index in [-0.39, 0.29) is 5.82 Å². The zero-order chi connectivity index (χ0) is 14.8. The summed E-state index contributed by atoms with van der Waals surface area (Å²) in [5.41, 5.74) is 3.38. The standard InChI is InChI=1S/C17H18FN3/c1-12(2)19-10-13-14(18)6-5-9-16(13)21-11-20-15-7-3-4-8-17(15)21/h3-9,11-12,19H,10H2,1-2H3. The van der Waals surface area contributed by atoms with Gasteiger partial charge in [-0.1, -0.05) is 32.0 Å². The fourth-order valence-electron chi connectivity index (χ4n) is 2.41. The van der Waals surface area contributed by atoms with Gasteiger partial charge in [0.1, 0.15) is 12.1 Å². The highest BCUT2D eigenvalue weighted by atomic mass is 19.1. The maximum atomic E-state index is 14.2. The van der Waals surface area contributed by atoms with Gasteiger partial charge in [0, 0.05) is 18.2 Å². The zero-order valence-corrected chi connectivity index (χ0v) is 12.2. The van der Waals surface area contributed by atoms with Crippen LogP contribution in [-0.2, 0) is 6.54 Å². The average molecular weight is 283 g/mol. The first kappa shape index (κ1) is 13.8. The van der Waals surface area contributed by atoms with Crippen molar-refractivity contribution in [3.8, 4) is 5.69 Å². The zero-order valence-electron chi connectivity index (χ0n) is 12.2. The topological polar surface area (TPSA) is 29.9 Å². The Morgan fingerprint density at radius 3 is 2.76 bits per heavy atom. The van der Waals surface area contributed by atoms with Gasteiger partial charge >= 0.3 is 0 Å². The maximum Gasteiger partial charge on any atom is 0.129 e. The van der Waals surface area contributed by atoms with E-state index in [0.29, 0.717) is 18.2 Å². The van der Waals surface area contributed by atoms with Gasteiger partial charge in [0.05, 0.1) is 16.7 Å². The SMILES string of the molecule is CC(C)NCc1c(F)cccc1-n1cnc2ccccc21. The molecule has 108 valence electrons. The summed E-state index contributed by atoms with van der Waals surface area (Å²) < 4.78 is 16.2. The van der Waals surface area contributed by atoms with E-state index in [0.717, 1.165) is 16.7 Å². The molecule has 0 saturated carbocycles. The Morgan fingerprint density at radius 1 is 1.14 bits per heavy atom. The number of rotatable bonds is 4. The van der Waals surface area contributed by atoms with Crippen LogP contribution in [0.2, 0.25) is 0 Å². The Hall–Kier alpha value is -2.20. The predicted octanol–water partition coefficient (Wildman–Crippen LogP) is 3.66.